The van der Waals surface area contributed by atoms with Gasteiger partial charge in [-0.3, -0.25) is 0 Å². The Balaban J connectivity index is 2.12. The van der Waals surface area contributed by atoms with Crippen molar-refractivity contribution in [3.63, 3.8) is 0 Å². The summed E-state index contributed by atoms with van der Waals surface area (Å²) in [5.41, 5.74) is 1.12. The summed E-state index contributed by atoms with van der Waals surface area (Å²) in [6.07, 6.45) is 4.42. The summed E-state index contributed by atoms with van der Waals surface area (Å²) in [4.78, 5) is 21.7. The van der Waals surface area contributed by atoms with E-state index in [1.165, 1.54) is 12.5 Å². The van der Waals surface area contributed by atoms with Crippen molar-refractivity contribution in [2.24, 2.45) is 0 Å². The molecule has 7 heteroatoms. The Morgan fingerprint density at radius 2 is 2.18 bits per heavy atom. The lowest BCUT2D eigenvalue weighted by atomic mass is 10.3. The smallest absolute Gasteiger partial charge is 0.372 e. The average molecular weight is 231 g/mol. The SMILES string of the molecule is O=[N+]([O-])c1ncccc1NCc1ccncn1. The van der Waals surface area contributed by atoms with Gasteiger partial charge in [-0.1, -0.05) is 0 Å². The molecule has 0 aliphatic carbocycles. The van der Waals surface area contributed by atoms with Gasteiger partial charge in [0.2, 0.25) is 0 Å². The predicted octanol–water partition coefficient (Wildman–Crippen LogP) is 1.39. The Labute approximate surface area is 96.7 Å². The summed E-state index contributed by atoms with van der Waals surface area (Å²) < 4.78 is 0. The number of pyridine rings is 1. The number of rotatable bonds is 4. The predicted molar refractivity (Wildman–Crippen MR) is 60.3 cm³/mol. The summed E-state index contributed by atoms with van der Waals surface area (Å²) in [7, 11) is 0. The van der Waals surface area contributed by atoms with Crippen LogP contribution in [0.15, 0.2) is 36.9 Å². The van der Waals surface area contributed by atoms with Crippen molar-refractivity contribution in [1.29, 1.82) is 0 Å². The van der Waals surface area contributed by atoms with Crippen LogP contribution in [0.4, 0.5) is 11.5 Å². The van der Waals surface area contributed by atoms with E-state index in [1.807, 2.05) is 0 Å². The van der Waals surface area contributed by atoms with Gasteiger partial charge in [-0.25, -0.2) is 9.97 Å². The summed E-state index contributed by atoms with van der Waals surface area (Å²) >= 11 is 0. The number of aromatic nitrogens is 3. The summed E-state index contributed by atoms with van der Waals surface area (Å²) in [6.45, 7) is 0.384. The number of hydrogen-bond donors (Lipinski definition) is 1. The third-order valence-corrected chi connectivity index (χ3v) is 2.06. The molecule has 86 valence electrons. The molecular weight excluding hydrogens is 222 g/mol. The van der Waals surface area contributed by atoms with E-state index in [2.05, 4.69) is 20.3 Å². The van der Waals surface area contributed by atoms with Gasteiger partial charge in [0.05, 0.1) is 12.2 Å². The fraction of sp³-hybridized carbons (Fsp3) is 0.100. The van der Waals surface area contributed by atoms with Crippen LogP contribution in [0.25, 0.3) is 0 Å². The zero-order chi connectivity index (χ0) is 12.1. The second-order valence-corrected chi connectivity index (χ2v) is 3.19. The van der Waals surface area contributed by atoms with Crippen LogP contribution >= 0.6 is 0 Å². The Bertz CT molecular complexity index is 517. The summed E-state index contributed by atoms with van der Waals surface area (Å²) in [6, 6.07) is 4.97. The molecule has 0 aromatic carbocycles. The van der Waals surface area contributed by atoms with Gasteiger partial charge in [0.1, 0.15) is 18.2 Å². The number of nitrogens with zero attached hydrogens (tertiary/aromatic N) is 4. The van der Waals surface area contributed by atoms with E-state index < -0.39 is 4.92 Å². The largest absolute Gasteiger partial charge is 0.386 e. The second-order valence-electron chi connectivity index (χ2n) is 3.19. The number of hydrogen-bond acceptors (Lipinski definition) is 6. The molecule has 2 aromatic heterocycles. The van der Waals surface area contributed by atoms with Crippen molar-refractivity contribution in [1.82, 2.24) is 15.0 Å². The van der Waals surface area contributed by atoms with E-state index >= 15 is 0 Å². The standard InChI is InChI=1S/C10H9N5O2/c16-15(17)10-9(2-1-4-12-10)13-6-8-3-5-11-7-14-8/h1-5,7,13H,6H2. The number of nitro groups is 1. The molecule has 0 bridgehead atoms. The maximum Gasteiger partial charge on any atom is 0.386 e. The molecule has 0 saturated carbocycles. The lowest BCUT2D eigenvalue weighted by Crippen LogP contribution is -2.05. The third-order valence-electron chi connectivity index (χ3n) is 2.06. The van der Waals surface area contributed by atoms with Gasteiger partial charge >= 0.3 is 5.82 Å². The summed E-state index contributed by atoms with van der Waals surface area (Å²) in [5.74, 6) is -0.193. The van der Waals surface area contributed by atoms with Crippen molar-refractivity contribution in [2.75, 3.05) is 5.32 Å². The molecule has 1 N–H and O–H groups in total. The quantitative estimate of drug-likeness (QED) is 0.631. The van der Waals surface area contributed by atoms with Crippen LogP contribution in [0, 0.1) is 10.1 Å². The molecule has 0 radical (unpaired) electrons. The summed E-state index contributed by atoms with van der Waals surface area (Å²) in [5, 5.41) is 13.6. The first-order valence-corrected chi connectivity index (χ1v) is 4.85. The van der Waals surface area contributed by atoms with Gasteiger partial charge in [0.15, 0.2) is 0 Å². The minimum absolute atomic E-state index is 0.193. The molecule has 0 atom stereocenters. The van der Waals surface area contributed by atoms with E-state index in [0.717, 1.165) is 5.69 Å². The Hall–Kier alpha value is -2.57. The molecule has 0 fully saturated rings. The molecule has 7 nitrogen and oxygen atoms in total. The van der Waals surface area contributed by atoms with Crippen molar-refractivity contribution >= 4 is 11.5 Å². The van der Waals surface area contributed by atoms with Crippen LogP contribution in [-0.2, 0) is 6.54 Å². The van der Waals surface area contributed by atoms with Crippen LogP contribution in [0.2, 0.25) is 0 Å². The monoisotopic (exact) mass is 231 g/mol. The highest BCUT2D eigenvalue weighted by Gasteiger charge is 2.13. The van der Waals surface area contributed by atoms with Crippen LogP contribution < -0.4 is 5.32 Å². The van der Waals surface area contributed by atoms with Gasteiger partial charge < -0.3 is 15.4 Å². The molecule has 0 aliphatic rings. The van der Waals surface area contributed by atoms with Crippen LogP contribution in [0.5, 0.6) is 0 Å². The molecule has 0 amide bonds. The van der Waals surface area contributed by atoms with E-state index in [9.17, 15) is 10.1 Å². The first kappa shape index (κ1) is 10.9. The molecular formula is C10H9N5O2. The molecule has 2 rings (SSSR count). The fourth-order valence-corrected chi connectivity index (χ4v) is 1.29. The zero-order valence-electron chi connectivity index (χ0n) is 8.78. The lowest BCUT2D eigenvalue weighted by molar-refractivity contribution is -0.388. The molecule has 0 aliphatic heterocycles. The minimum atomic E-state index is -0.525. The van der Waals surface area contributed by atoms with Gasteiger partial charge in [0, 0.05) is 6.20 Å². The van der Waals surface area contributed by atoms with E-state index in [4.69, 9.17) is 0 Å². The number of nitrogens with one attached hydrogen (secondary N) is 1. The van der Waals surface area contributed by atoms with E-state index in [1.54, 1.807) is 24.4 Å². The molecule has 2 aromatic rings. The van der Waals surface area contributed by atoms with Gasteiger partial charge in [-0.2, -0.15) is 0 Å². The van der Waals surface area contributed by atoms with Crippen molar-refractivity contribution < 1.29 is 4.92 Å². The first-order valence-electron chi connectivity index (χ1n) is 4.85. The highest BCUT2D eigenvalue weighted by molar-refractivity contribution is 5.56. The minimum Gasteiger partial charge on any atom is -0.372 e. The topological polar surface area (TPSA) is 93.8 Å². The first-order chi connectivity index (χ1) is 8.27. The van der Waals surface area contributed by atoms with Crippen LogP contribution in [-0.4, -0.2) is 19.9 Å². The van der Waals surface area contributed by atoms with Crippen LogP contribution in [0.3, 0.4) is 0 Å². The second kappa shape index (κ2) is 4.97. The van der Waals surface area contributed by atoms with Gasteiger partial charge in [-0.15, -0.1) is 0 Å². The van der Waals surface area contributed by atoms with Gasteiger partial charge in [-0.05, 0) is 28.1 Å². The van der Waals surface area contributed by atoms with E-state index in [-0.39, 0.29) is 5.82 Å². The zero-order valence-corrected chi connectivity index (χ0v) is 8.78. The molecule has 0 unspecified atom stereocenters. The number of anilines is 1. The van der Waals surface area contributed by atoms with Gasteiger partial charge in [0.25, 0.3) is 0 Å². The maximum absolute atomic E-state index is 10.7. The molecule has 17 heavy (non-hydrogen) atoms. The average Bonchev–Trinajstić information content (AvgIpc) is 2.38. The van der Waals surface area contributed by atoms with E-state index in [0.29, 0.717) is 12.2 Å². The van der Waals surface area contributed by atoms with Crippen LogP contribution in [0.1, 0.15) is 5.69 Å². The van der Waals surface area contributed by atoms with Crippen molar-refractivity contribution in [2.45, 2.75) is 6.54 Å². The highest BCUT2D eigenvalue weighted by Crippen LogP contribution is 2.20. The Morgan fingerprint density at radius 1 is 1.29 bits per heavy atom. The fourth-order valence-electron chi connectivity index (χ4n) is 1.29. The maximum atomic E-state index is 10.7. The molecule has 0 saturated heterocycles. The third kappa shape index (κ3) is 2.71. The normalized spacial score (nSPS) is 9.88. The Morgan fingerprint density at radius 3 is 2.88 bits per heavy atom. The van der Waals surface area contributed by atoms with Crippen molar-refractivity contribution in [3.8, 4) is 0 Å². The molecule has 0 spiro atoms. The highest BCUT2D eigenvalue weighted by atomic mass is 16.6. The Kier molecular flexibility index (Phi) is 3.20. The molecule has 2 heterocycles. The lowest BCUT2D eigenvalue weighted by Gasteiger charge is -2.05. The van der Waals surface area contributed by atoms with Crippen molar-refractivity contribution in [3.05, 3.63) is 52.7 Å².